The van der Waals surface area contributed by atoms with Gasteiger partial charge in [0.25, 0.3) is 0 Å². The average Bonchev–Trinajstić information content (AvgIpc) is 2.61. The maximum atomic E-state index is 11.5. The summed E-state index contributed by atoms with van der Waals surface area (Å²) in [6.45, 7) is 5.22. The van der Waals surface area contributed by atoms with E-state index >= 15 is 0 Å². The van der Waals surface area contributed by atoms with E-state index in [1.165, 1.54) is 0 Å². The Bertz CT molecular complexity index is 320. The summed E-state index contributed by atoms with van der Waals surface area (Å²) in [4.78, 5) is 13.2. The number of amides is 2. The van der Waals surface area contributed by atoms with Gasteiger partial charge < -0.3 is 14.6 Å². The van der Waals surface area contributed by atoms with Crippen LogP contribution in [0.5, 0.6) is 0 Å². The molecule has 0 aliphatic carbocycles. The number of nitrogens with one attached hydrogen (secondary N) is 1. The first-order chi connectivity index (χ1) is 7.15. The molecule has 84 valence electrons. The Morgan fingerprint density at radius 2 is 2.33 bits per heavy atom. The highest BCUT2D eigenvalue weighted by molar-refractivity contribution is 5.73. The minimum Gasteiger partial charge on any atom is -0.469 e. The lowest BCUT2D eigenvalue weighted by molar-refractivity contribution is 0.206. The summed E-state index contributed by atoms with van der Waals surface area (Å²) in [7, 11) is 1.78. The molecule has 1 heterocycles. The molecule has 4 nitrogen and oxygen atoms in total. The molecule has 0 atom stereocenters. The van der Waals surface area contributed by atoms with E-state index in [2.05, 4.69) is 5.32 Å². The van der Waals surface area contributed by atoms with Crippen LogP contribution in [0.4, 0.5) is 4.79 Å². The molecular formula is C11H18N2O2. The van der Waals surface area contributed by atoms with Crippen LogP contribution in [0.3, 0.4) is 0 Å². The van der Waals surface area contributed by atoms with Crippen LogP contribution < -0.4 is 5.32 Å². The molecule has 0 aliphatic rings. The van der Waals surface area contributed by atoms with E-state index in [0.29, 0.717) is 13.1 Å². The quantitative estimate of drug-likeness (QED) is 0.827. The van der Waals surface area contributed by atoms with Gasteiger partial charge in [-0.3, -0.25) is 0 Å². The fraction of sp³-hybridized carbons (Fsp3) is 0.545. The zero-order valence-corrected chi connectivity index (χ0v) is 9.54. The lowest BCUT2D eigenvalue weighted by Crippen LogP contribution is -2.37. The van der Waals surface area contributed by atoms with Gasteiger partial charge in [-0.2, -0.15) is 0 Å². The van der Waals surface area contributed by atoms with Crippen molar-refractivity contribution in [3.05, 3.63) is 23.7 Å². The fourth-order valence-electron chi connectivity index (χ4n) is 1.27. The number of carbonyl (C=O) groups is 1. The molecule has 0 aromatic carbocycles. The maximum absolute atomic E-state index is 11.5. The maximum Gasteiger partial charge on any atom is 0.317 e. The Balaban J connectivity index is 2.45. The molecule has 0 radical (unpaired) electrons. The Hall–Kier alpha value is -1.45. The number of nitrogens with zero attached hydrogens (tertiary/aromatic N) is 1. The minimum absolute atomic E-state index is 0.0440. The largest absolute Gasteiger partial charge is 0.469 e. The predicted octanol–water partition coefficient (Wildman–Crippen LogP) is 2.14. The van der Waals surface area contributed by atoms with Crippen LogP contribution in [0, 0.1) is 6.92 Å². The number of hydrogen-bond acceptors (Lipinski definition) is 2. The third-order valence-corrected chi connectivity index (χ3v) is 2.25. The van der Waals surface area contributed by atoms with Crippen LogP contribution in [-0.2, 0) is 6.54 Å². The molecule has 2 amide bonds. The zero-order valence-electron chi connectivity index (χ0n) is 9.54. The van der Waals surface area contributed by atoms with Gasteiger partial charge in [0.2, 0.25) is 0 Å². The van der Waals surface area contributed by atoms with Gasteiger partial charge in [-0.05, 0) is 19.4 Å². The second kappa shape index (κ2) is 5.44. The summed E-state index contributed by atoms with van der Waals surface area (Å²) in [5.41, 5.74) is 1.05. The van der Waals surface area contributed by atoms with Crippen LogP contribution in [0.2, 0.25) is 0 Å². The number of carbonyl (C=O) groups excluding carboxylic acids is 1. The Morgan fingerprint density at radius 3 is 2.87 bits per heavy atom. The SMILES string of the molecule is CCCNC(=O)N(C)Cc1ccoc1C. The summed E-state index contributed by atoms with van der Waals surface area (Å²) in [6, 6.07) is 1.84. The van der Waals surface area contributed by atoms with E-state index in [1.807, 2.05) is 19.9 Å². The number of hydrogen-bond donors (Lipinski definition) is 1. The van der Waals surface area contributed by atoms with Crippen LogP contribution in [-0.4, -0.2) is 24.5 Å². The van der Waals surface area contributed by atoms with Crippen LogP contribution in [0.1, 0.15) is 24.7 Å². The summed E-state index contributed by atoms with van der Waals surface area (Å²) >= 11 is 0. The normalized spacial score (nSPS) is 10.1. The molecule has 0 bridgehead atoms. The van der Waals surface area contributed by atoms with Crippen molar-refractivity contribution in [1.82, 2.24) is 10.2 Å². The van der Waals surface area contributed by atoms with Crippen molar-refractivity contribution in [3.8, 4) is 0 Å². The lowest BCUT2D eigenvalue weighted by atomic mass is 10.2. The van der Waals surface area contributed by atoms with E-state index in [0.717, 1.165) is 17.7 Å². The van der Waals surface area contributed by atoms with Crippen molar-refractivity contribution >= 4 is 6.03 Å². The van der Waals surface area contributed by atoms with Gasteiger partial charge in [-0.25, -0.2) is 4.79 Å². The second-order valence-electron chi connectivity index (χ2n) is 3.59. The highest BCUT2D eigenvalue weighted by Crippen LogP contribution is 2.10. The van der Waals surface area contributed by atoms with Gasteiger partial charge in [0.1, 0.15) is 5.76 Å². The molecular weight excluding hydrogens is 192 g/mol. The summed E-state index contributed by atoms with van der Waals surface area (Å²) in [5.74, 6) is 0.866. The average molecular weight is 210 g/mol. The van der Waals surface area contributed by atoms with Gasteiger partial charge in [-0.15, -0.1) is 0 Å². The molecule has 1 N–H and O–H groups in total. The second-order valence-corrected chi connectivity index (χ2v) is 3.59. The van der Waals surface area contributed by atoms with Gasteiger partial charge in [0.15, 0.2) is 0 Å². The van der Waals surface area contributed by atoms with E-state index < -0.39 is 0 Å². The molecule has 1 rings (SSSR count). The van der Waals surface area contributed by atoms with E-state index in [4.69, 9.17) is 4.42 Å². The minimum atomic E-state index is -0.0440. The van der Waals surface area contributed by atoms with Crippen molar-refractivity contribution < 1.29 is 9.21 Å². The summed E-state index contributed by atoms with van der Waals surface area (Å²) in [5, 5.41) is 2.82. The Morgan fingerprint density at radius 1 is 1.60 bits per heavy atom. The van der Waals surface area contributed by atoms with Crippen LogP contribution in [0.15, 0.2) is 16.7 Å². The van der Waals surface area contributed by atoms with Crippen LogP contribution >= 0.6 is 0 Å². The number of rotatable bonds is 4. The molecule has 0 unspecified atom stereocenters. The first-order valence-corrected chi connectivity index (χ1v) is 5.17. The van der Waals surface area contributed by atoms with Crippen molar-refractivity contribution in [1.29, 1.82) is 0 Å². The molecule has 0 spiro atoms. The zero-order chi connectivity index (χ0) is 11.3. The van der Waals surface area contributed by atoms with E-state index in [9.17, 15) is 4.79 Å². The third kappa shape index (κ3) is 3.31. The van der Waals surface area contributed by atoms with Crippen molar-refractivity contribution in [2.75, 3.05) is 13.6 Å². The molecule has 0 saturated heterocycles. The molecule has 0 saturated carbocycles. The van der Waals surface area contributed by atoms with Crippen molar-refractivity contribution in [2.45, 2.75) is 26.8 Å². The molecule has 0 aliphatic heterocycles. The fourth-order valence-corrected chi connectivity index (χ4v) is 1.27. The molecule has 4 heteroatoms. The highest BCUT2D eigenvalue weighted by Gasteiger charge is 2.10. The molecule has 1 aromatic rings. The Kier molecular flexibility index (Phi) is 4.21. The van der Waals surface area contributed by atoms with Crippen LogP contribution in [0.25, 0.3) is 0 Å². The monoisotopic (exact) mass is 210 g/mol. The number of furan rings is 1. The first-order valence-electron chi connectivity index (χ1n) is 5.17. The molecule has 0 fully saturated rings. The van der Waals surface area contributed by atoms with E-state index in [1.54, 1.807) is 18.2 Å². The first kappa shape index (κ1) is 11.6. The summed E-state index contributed by atoms with van der Waals surface area (Å²) in [6.07, 6.45) is 2.59. The highest BCUT2D eigenvalue weighted by atomic mass is 16.3. The third-order valence-electron chi connectivity index (χ3n) is 2.25. The van der Waals surface area contributed by atoms with Gasteiger partial charge in [0, 0.05) is 19.2 Å². The van der Waals surface area contributed by atoms with E-state index in [-0.39, 0.29) is 6.03 Å². The van der Waals surface area contributed by atoms with Gasteiger partial charge in [0.05, 0.1) is 12.8 Å². The molecule has 15 heavy (non-hydrogen) atoms. The number of urea groups is 1. The van der Waals surface area contributed by atoms with Gasteiger partial charge >= 0.3 is 6.03 Å². The summed E-state index contributed by atoms with van der Waals surface area (Å²) < 4.78 is 5.17. The standard InChI is InChI=1S/C11H18N2O2/c1-4-6-12-11(14)13(3)8-10-5-7-15-9(10)2/h5,7H,4,6,8H2,1-3H3,(H,12,14). The smallest absolute Gasteiger partial charge is 0.317 e. The van der Waals surface area contributed by atoms with Crippen molar-refractivity contribution in [3.63, 3.8) is 0 Å². The lowest BCUT2D eigenvalue weighted by Gasteiger charge is -2.17. The van der Waals surface area contributed by atoms with Crippen molar-refractivity contribution in [2.24, 2.45) is 0 Å². The Labute approximate surface area is 90.3 Å². The predicted molar refractivity (Wildman–Crippen MR) is 58.6 cm³/mol. The number of aryl methyl sites for hydroxylation is 1. The molecule has 1 aromatic heterocycles. The van der Waals surface area contributed by atoms with Gasteiger partial charge in [-0.1, -0.05) is 6.92 Å². The topological polar surface area (TPSA) is 45.5 Å².